The van der Waals surface area contributed by atoms with Crippen LogP contribution in [0, 0.1) is 12.8 Å². The number of hydrogen-bond donors (Lipinski definition) is 1. The van der Waals surface area contributed by atoms with Crippen LogP contribution in [0.5, 0.6) is 0 Å². The lowest BCUT2D eigenvalue weighted by Gasteiger charge is -2.35. The Kier molecular flexibility index (Phi) is 6.17. The summed E-state index contributed by atoms with van der Waals surface area (Å²) >= 11 is 3.81. The van der Waals surface area contributed by atoms with Crippen LogP contribution in [0.3, 0.4) is 0 Å². The molecule has 4 heteroatoms. The molecule has 1 aromatic rings. The minimum absolute atomic E-state index is 0.673. The fourth-order valence-corrected chi connectivity index (χ4v) is 5.50. The maximum Gasteiger partial charge on any atom is 0.150 e. The number of nitrogens with one attached hydrogen (secondary N) is 1. The molecule has 2 nitrogen and oxygen atoms in total. The predicted octanol–water partition coefficient (Wildman–Crippen LogP) is 4.49. The summed E-state index contributed by atoms with van der Waals surface area (Å²) in [5, 5.41) is 6.55. The first-order valence-corrected chi connectivity index (χ1v) is 9.31. The third-order valence-electron chi connectivity index (χ3n) is 3.91. The van der Waals surface area contributed by atoms with Gasteiger partial charge in [-0.05, 0) is 38.6 Å². The third kappa shape index (κ3) is 4.47. The number of thioether (sulfide) groups is 1. The molecule has 0 aromatic carbocycles. The van der Waals surface area contributed by atoms with Gasteiger partial charge in [-0.3, -0.25) is 0 Å². The topological polar surface area (TPSA) is 24.9 Å². The van der Waals surface area contributed by atoms with Crippen LogP contribution in [-0.4, -0.2) is 22.8 Å². The first kappa shape index (κ1) is 15.3. The van der Waals surface area contributed by atoms with Gasteiger partial charge in [-0.2, -0.15) is 0 Å². The van der Waals surface area contributed by atoms with E-state index in [1.54, 1.807) is 11.3 Å². The molecule has 1 heterocycles. The van der Waals surface area contributed by atoms with Gasteiger partial charge in [-0.25, -0.2) is 4.98 Å². The number of thiazole rings is 1. The summed E-state index contributed by atoms with van der Waals surface area (Å²) in [5.41, 5.74) is 1.16. The van der Waals surface area contributed by atoms with Crippen LogP contribution >= 0.6 is 23.1 Å². The monoisotopic (exact) mass is 298 g/mol. The molecule has 0 bridgehead atoms. The number of rotatable bonds is 6. The highest BCUT2D eigenvalue weighted by molar-refractivity contribution is 8.01. The normalized spacial score (nSPS) is 27.6. The number of nitrogens with zero attached hydrogens (tertiary/aromatic N) is 1. The van der Waals surface area contributed by atoms with Crippen LogP contribution in [0.25, 0.3) is 0 Å². The fourth-order valence-electron chi connectivity index (χ4n) is 3.02. The molecule has 1 fully saturated rings. The molecule has 1 aliphatic carbocycles. The minimum atomic E-state index is 0.673. The fraction of sp³-hybridized carbons (Fsp3) is 0.800. The van der Waals surface area contributed by atoms with Crippen LogP contribution < -0.4 is 5.32 Å². The Bertz CT molecular complexity index is 378. The van der Waals surface area contributed by atoms with Gasteiger partial charge in [0.1, 0.15) is 4.34 Å². The Balaban J connectivity index is 1.98. The molecule has 0 aliphatic heterocycles. The molecule has 1 saturated carbocycles. The molecule has 3 atom stereocenters. The van der Waals surface area contributed by atoms with Gasteiger partial charge >= 0.3 is 0 Å². The zero-order valence-corrected chi connectivity index (χ0v) is 13.9. The highest BCUT2D eigenvalue weighted by Crippen LogP contribution is 2.39. The van der Waals surface area contributed by atoms with E-state index < -0.39 is 0 Å². The molecule has 3 unspecified atom stereocenters. The van der Waals surface area contributed by atoms with Crippen molar-refractivity contribution in [2.45, 2.75) is 68.5 Å². The molecular formula is C15H26N2S2. The van der Waals surface area contributed by atoms with Crippen molar-refractivity contribution < 1.29 is 0 Å². The summed E-state index contributed by atoms with van der Waals surface area (Å²) in [5.74, 6) is 0.929. The molecule has 0 radical (unpaired) electrons. The van der Waals surface area contributed by atoms with E-state index in [2.05, 4.69) is 36.5 Å². The second kappa shape index (κ2) is 7.65. The average molecular weight is 299 g/mol. The van der Waals surface area contributed by atoms with Gasteiger partial charge in [-0.15, -0.1) is 11.3 Å². The van der Waals surface area contributed by atoms with Crippen LogP contribution in [0.15, 0.2) is 9.72 Å². The van der Waals surface area contributed by atoms with E-state index in [4.69, 9.17) is 0 Å². The van der Waals surface area contributed by atoms with Crippen molar-refractivity contribution >= 4 is 23.1 Å². The lowest BCUT2D eigenvalue weighted by Crippen LogP contribution is -2.42. The summed E-state index contributed by atoms with van der Waals surface area (Å²) in [6.45, 7) is 7.69. The van der Waals surface area contributed by atoms with E-state index in [0.717, 1.165) is 18.2 Å². The van der Waals surface area contributed by atoms with Crippen molar-refractivity contribution in [2.75, 3.05) is 6.54 Å². The largest absolute Gasteiger partial charge is 0.313 e. The zero-order chi connectivity index (χ0) is 13.7. The van der Waals surface area contributed by atoms with E-state index in [9.17, 15) is 0 Å². The van der Waals surface area contributed by atoms with Crippen molar-refractivity contribution in [1.82, 2.24) is 10.3 Å². The van der Waals surface area contributed by atoms with E-state index in [1.807, 2.05) is 11.8 Å². The average Bonchev–Trinajstić information content (AvgIpc) is 2.79. The van der Waals surface area contributed by atoms with Gasteiger partial charge in [0.15, 0.2) is 0 Å². The molecule has 2 rings (SSSR count). The highest BCUT2D eigenvalue weighted by Gasteiger charge is 2.30. The lowest BCUT2D eigenvalue weighted by atomic mass is 9.83. The summed E-state index contributed by atoms with van der Waals surface area (Å²) in [7, 11) is 0. The Morgan fingerprint density at radius 3 is 2.89 bits per heavy atom. The van der Waals surface area contributed by atoms with E-state index in [-0.39, 0.29) is 0 Å². The second-order valence-corrected chi connectivity index (χ2v) is 7.89. The molecule has 0 saturated heterocycles. The molecule has 108 valence electrons. The molecule has 1 N–H and O–H groups in total. The van der Waals surface area contributed by atoms with Gasteiger partial charge < -0.3 is 5.32 Å². The van der Waals surface area contributed by atoms with Gasteiger partial charge in [0.05, 0.1) is 0 Å². The number of aromatic nitrogens is 1. The highest BCUT2D eigenvalue weighted by atomic mass is 32.2. The first-order valence-electron chi connectivity index (χ1n) is 7.55. The van der Waals surface area contributed by atoms with Crippen molar-refractivity contribution in [3.05, 3.63) is 11.1 Å². The Morgan fingerprint density at radius 2 is 2.26 bits per heavy atom. The van der Waals surface area contributed by atoms with Crippen molar-refractivity contribution in [3.63, 3.8) is 0 Å². The van der Waals surface area contributed by atoms with Gasteiger partial charge in [0, 0.05) is 22.4 Å². The Morgan fingerprint density at radius 1 is 1.42 bits per heavy atom. The molecular weight excluding hydrogens is 272 g/mol. The van der Waals surface area contributed by atoms with Crippen LogP contribution in [0.1, 0.15) is 51.6 Å². The van der Waals surface area contributed by atoms with Crippen LogP contribution in [0.2, 0.25) is 0 Å². The minimum Gasteiger partial charge on any atom is -0.313 e. The summed E-state index contributed by atoms with van der Waals surface area (Å²) in [6.07, 6.45) is 6.81. The van der Waals surface area contributed by atoms with Crippen molar-refractivity contribution in [3.8, 4) is 0 Å². The van der Waals surface area contributed by atoms with Gasteiger partial charge in [0.2, 0.25) is 0 Å². The van der Waals surface area contributed by atoms with E-state index in [0.29, 0.717) is 11.3 Å². The standard InChI is InChI=1S/C15H26N2S2/c1-4-6-12-7-8-13(16-5-2)14(9-12)19-15-17-11(3)10-18-15/h10,12-14,16H,4-9H2,1-3H3. The molecule has 0 amide bonds. The SMILES string of the molecule is CCCC1CCC(NCC)C(Sc2nc(C)cs2)C1. The maximum atomic E-state index is 4.62. The molecule has 1 aliphatic rings. The van der Waals surface area contributed by atoms with Crippen LogP contribution in [0.4, 0.5) is 0 Å². The smallest absolute Gasteiger partial charge is 0.150 e. The zero-order valence-electron chi connectivity index (χ0n) is 12.3. The summed E-state index contributed by atoms with van der Waals surface area (Å²) in [4.78, 5) is 4.62. The molecule has 19 heavy (non-hydrogen) atoms. The first-order chi connectivity index (χ1) is 9.22. The summed E-state index contributed by atoms with van der Waals surface area (Å²) in [6, 6.07) is 0.673. The Hall–Kier alpha value is -0.0600. The summed E-state index contributed by atoms with van der Waals surface area (Å²) < 4.78 is 1.25. The molecule has 0 spiro atoms. The molecule has 1 aromatic heterocycles. The maximum absolute atomic E-state index is 4.62. The third-order valence-corrected chi connectivity index (χ3v) is 6.36. The Labute approximate surface area is 125 Å². The van der Waals surface area contributed by atoms with Crippen molar-refractivity contribution in [2.24, 2.45) is 5.92 Å². The van der Waals surface area contributed by atoms with Crippen molar-refractivity contribution in [1.29, 1.82) is 0 Å². The van der Waals surface area contributed by atoms with Gasteiger partial charge in [-0.1, -0.05) is 38.5 Å². The second-order valence-electron chi connectivity index (χ2n) is 5.54. The lowest BCUT2D eigenvalue weighted by molar-refractivity contribution is 0.289. The van der Waals surface area contributed by atoms with E-state index in [1.165, 1.54) is 36.4 Å². The number of hydrogen-bond acceptors (Lipinski definition) is 4. The van der Waals surface area contributed by atoms with E-state index >= 15 is 0 Å². The predicted molar refractivity (Wildman–Crippen MR) is 86.2 cm³/mol. The van der Waals surface area contributed by atoms with Crippen LogP contribution in [-0.2, 0) is 0 Å². The van der Waals surface area contributed by atoms with Gasteiger partial charge in [0.25, 0.3) is 0 Å². The number of aryl methyl sites for hydroxylation is 1. The quantitative estimate of drug-likeness (QED) is 0.837.